The van der Waals surface area contributed by atoms with E-state index in [0.29, 0.717) is 12.1 Å². The van der Waals surface area contributed by atoms with Crippen LogP contribution in [-0.2, 0) is 0 Å². The molecule has 1 N–H and O–H groups in total. The number of benzene rings is 1. The van der Waals surface area contributed by atoms with E-state index in [4.69, 9.17) is 4.74 Å². The Morgan fingerprint density at radius 1 is 1.33 bits per heavy atom. The van der Waals surface area contributed by atoms with Crippen molar-refractivity contribution < 1.29 is 9.53 Å². The number of amides is 1. The molecule has 0 aromatic heterocycles. The zero-order chi connectivity index (χ0) is 15.1. The van der Waals surface area contributed by atoms with E-state index in [0.717, 1.165) is 12.2 Å². The summed E-state index contributed by atoms with van der Waals surface area (Å²) in [6.07, 6.45) is 8.38. The molecule has 0 atom stereocenters. The van der Waals surface area contributed by atoms with E-state index in [-0.39, 0.29) is 12.0 Å². The molecule has 0 saturated heterocycles. The summed E-state index contributed by atoms with van der Waals surface area (Å²) in [5.41, 5.74) is 2.14. The van der Waals surface area contributed by atoms with Gasteiger partial charge in [0.05, 0.1) is 6.10 Å². The standard InChI is InChI=1S/C18H25NO2/c1-14(2)21-17-10-6-9-16(13-17)18(20)19-12-11-15-7-4-3-5-8-15/h6-7,9-10,13-14H,3-5,8,11-12H2,1-2H3,(H,19,20). The minimum absolute atomic E-state index is 0.0272. The fourth-order valence-corrected chi connectivity index (χ4v) is 2.55. The Balaban J connectivity index is 1.83. The molecule has 21 heavy (non-hydrogen) atoms. The van der Waals surface area contributed by atoms with Crippen LogP contribution in [0.5, 0.6) is 5.75 Å². The molecule has 1 aromatic rings. The van der Waals surface area contributed by atoms with Crippen molar-refractivity contribution in [3.05, 3.63) is 41.5 Å². The summed E-state index contributed by atoms with van der Waals surface area (Å²) in [5, 5.41) is 2.99. The second kappa shape index (κ2) is 7.87. The minimum Gasteiger partial charge on any atom is -0.491 e. The first kappa shape index (κ1) is 15.6. The van der Waals surface area contributed by atoms with Crippen molar-refractivity contribution in [1.29, 1.82) is 0 Å². The fourth-order valence-electron chi connectivity index (χ4n) is 2.55. The third kappa shape index (κ3) is 5.25. The lowest BCUT2D eigenvalue weighted by molar-refractivity contribution is 0.0953. The van der Waals surface area contributed by atoms with Gasteiger partial charge in [-0.15, -0.1) is 0 Å². The van der Waals surface area contributed by atoms with Crippen molar-refractivity contribution in [3.8, 4) is 5.75 Å². The Kier molecular flexibility index (Phi) is 5.85. The Morgan fingerprint density at radius 3 is 2.90 bits per heavy atom. The van der Waals surface area contributed by atoms with Gasteiger partial charge < -0.3 is 10.1 Å². The first-order valence-electron chi connectivity index (χ1n) is 7.88. The van der Waals surface area contributed by atoms with Crippen molar-refractivity contribution in [2.75, 3.05) is 6.54 Å². The van der Waals surface area contributed by atoms with Crippen LogP contribution in [0, 0.1) is 0 Å². The van der Waals surface area contributed by atoms with Crippen molar-refractivity contribution in [1.82, 2.24) is 5.32 Å². The lowest BCUT2D eigenvalue weighted by Gasteiger charge is -2.13. The maximum atomic E-state index is 12.1. The summed E-state index contributed by atoms with van der Waals surface area (Å²) in [4.78, 5) is 12.1. The number of allylic oxidation sites excluding steroid dienone is 1. The number of ether oxygens (including phenoxy) is 1. The molecule has 0 radical (unpaired) electrons. The van der Waals surface area contributed by atoms with Gasteiger partial charge in [0.1, 0.15) is 5.75 Å². The minimum atomic E-state index is -0.0272. The van der Waals surface area contributed by atoms with Gasteiger partial charge in [-0.1, -0.05) is 17.7 Å². The molecule has 0 spiro atoms. The topological polar surface area (TPSA) is 38.3 Å². The number of nitrogens with one attached hydrogen (secondary N) is 1. The number of carbonyl (C=O) groups is 1. The molecule has 0 fully saturated rings. The van der Waals surface area contributed by atoms with Crippen molar-refractivity contribution in [2.24, 2.45) is 0 Å². The van der Waals surface area contributed by atoms with Crippen LogP contribution in [0.2, 0.25) is 0 Å². The van der Waals surface area contributed by atoms with Crippen LogP contribution in [0.1, 0.15) is 56.3 Å². The predicted octanol–water partition coefficient (Wildman–Crippen LogP) is 4.09. The van der Waals surface area contributed by atoms with Crippen LogP contribution in [0.25, 0.3) is 0 Å². The molecule has 3 nitrogen and oxygen atoms in total. The van der Waals surface area contributed by atoms with E-state index in [1.165, 1.54) is 31.3 Å². The van der Waals surface area contributed by atoms with Gasteiger partial charge in [-0.05, 0) is 64.2 Å². The lowest BCUT2D eigenvalue weighted by Crippen LogP contribution is -2.25. The average molecular weight is 287 g/mol. The van der Waals surface area contributed by atoms with Gasteiger partial charge in [0, 0.05) is 12.1 Å². The molecule has 1 aliphatic carbocycles. The summed E-state index contributed by atoms with van der Waals surface area (Å²) in [5.74, 6) is 0.716. The lowest BCUT2D eigenvalue weighted by atomic mass is 9.97. The van der Waals surface area contributed by atoms with Crippen LogP contribution >= 0.6 is 0 Å². The summed E-state index contributed by atoms with van der Waals surface area (Å²) in [6, 6.07) is 7.36. The van der Waals surface area contributed by atoms with Crippen LogP contribution < -0.4 is 10.1 Å². The monoisotopic (exact) mass is 287 g/mol. The van der Waals surface area contributed by atoms with Crippen molar-refractivity contribution in [2.45, 2.75) is 52.1 Å². The largest absolute Gasteiger partial charge is 0.491 e. The normalized spacial score (nSPS) is 14.7. The van der Waals surface area contributed by atoms with Crippen LogP contribution in [0.15, 0.2) is 35.9 Å². The summed E-state index contributed by atoms with van der Waals surface area (Å²) in [7, 11) is 0. The first-order chi connectivity index (χ1) is 10.1. The third-order valence-corrected chi connectivity index (χ3v) is 3.58. The molecule has 1 amide bonds. The molecule has 0 bridgehead atoms. The highest BCUT2D eigenvalue weighted by Gasteiger charge is 2.08. The molecule has 3 heteroatoms. The van der Waals surface area contributed by atoms with Crippen molar-refractivity contribution >= 4 is 5.91 Å². The Morgan fingerprint density at radius 2 is 2.19 bits per heavy atom. The zero-order valence-corrected chi connectivity index (χ0v) is 13.0. The third-order valence-electron chi connectivity index (χ3n) is 3.58. The smallest absolute Gasteiger partial charge is 0.251 e. The Labute approximate surface area is 127 Å². The van der Waals surface area contributed by atoms with Gasteiger partial charge in [0.2, 0.25) is 0 Å². The zero-order valence-electron chi connectivity index (χ0n) is 13.0. The molecule has 0 unspecified atom stereocenters. The highest BCUT2D eigenvalue weighted by Crippen LogP contribution is 2.19. The molecule has 114 valence electrons. The van der Waals surface area contributed by atoms with Gasteiger partial charge in [-0.25, -0.2) is 0 Å². The maximum Gasteiger partial charge on any atom is 0.251 e. The SMILES string of the molecule is CC(C)Oc1cccc(C(=O)NCCC2=CCCCC2)c1. The second-order valence-electron chi connectivity index (χ2n) is 5.81. The predicted molar refractivity (Wildman–Crippen MR) is 85.7 cm³/mol. The number of rotatable bonds is 6. The fraction of sp³-hybridized carbons (Fsp3) is 0.500. The van der Waals surface area contributed by atoms with Crippen LogP contribution in [0.3, 0.4) is 0 Å². The maximum absolute atomic E-state index is 12.1. The van der Waals surface area contributed by atoms with E-state index in [1.807, 2.05) is 32.0 Å². The number of hydrogen-bond donors (Lipinski definition) is 1. The van der Waals surface area contributed by atoms with Gasteiger partial charge >= 0.3 is 0 Å². The van der Waals surface area contributed by atoms with Crippen LogP contribution in [-0.4, -0.2) is 18.6 Å². The molecule has 1 aromatic carbocycles. The van der Waals surface area contributed by atoms with Gasteiger partial charge in [-0.2, -0.15) is 0 Å². The van der Waals surface area contributed by atoms with E-state index in [1.54, 1.807) is 6.07 Å². The molecule has 1 aliphatic rings. The molecular weight excluding hydrogens is 262 g/mol. The molecule has 0 saturated carbocycles. The summed E-state index contributed by atoms with van der Waals surface area (Å²) < 4.78 is 5.62. The number of hydrogen-bond acceptors (Lipinski definition) is 2. The Bertz CT molecular complexity index is 506. The van der Waals surface area contributed by atoms with E-state index in [9.17, 15) is 4.79 Å². The summed E-state index contributed by atoms with van der Waals surface area (Å²) in [6.45, 7) is 4.66. The van der Waals surface area contributed by atoms with E-state index >= 15 is 0 Å². The molecule has 2 rings (SSSR count). The highest BCUT2D eigenvalue weighted by atomic mass is 16.5. The molecule has 0 heterocycles. The first-order valence-corrected chi connectivity index (χ1v) is 7.88. The highest BCUT2D eigenvalue weighted by molar-refractivity contribution is 5.94. The van der Waals surface area contributed by atoms with Crippen molar-refractivity contribution in [3.63, 3.8) is 0 Å². The van der Waals surface area contributed by atoms with Crippen LogP contribution in [0.4, 0.5) is 0 Å². The molecular formula is C18H25NO2. The van der Waals surface area contributed by atoms with Gasteiger partial charge in [0.15, 0.2) is 0 Å². The summed E-state index contributed by atoms with van der Waals surface area (Å²) >= 11 is 0. The van der Waals surface area contributed by atoms with Gasteiger partial charge in [0.25, 0.3) is 5.91 Å². The number of carbonyl (C=O) groups excluding carboxylic acids is 1. The quantitative estimate of drug-likeness (QED) is 0.800. The molecule has 0 aliphatic heterocycles. The van der Waals surface area contributed by atoms with Gasteiger partial charge in [-0.3, -0.25) is 4.79 Å². The van der Waals surface area contributed by atoms with E-state index in [2.05, 4.69) is 11.4 Å². The average Bonchev–Trinajstić information content (AvgIpc) is 2.48. The van der Waals surface area contributed by atoms with E-state index < -0.39 is 0 Å². The Hall–Kier alpha value is -1.77. The second-order valence-corrected chi connectivity index (χ2v) is 5.81.